The van der Waals surface area contributed by atoms with E-state index in [2.05, 4.69) is 25.9 Å². The number of phenolic OH excluding ortho intramolecular Hbond substituents is 1. The summed E-state index contributed by atoms with van der Waals surface area (Å²) in [6.45, 7) is 4.01. The Morgan fingerprint density at radius 3 is 2.85 bits per heavy atom. The van der Waals surface area contributed by atoms with Crippen molar-refractivity contribution in [1.29, 1.82) is 5.26 Å². The molecule has 0 saturated heterocycles. The van der Waals surface area contributed by atoms with Gasteiger partial charge in [0.2, 0.25) is 5.82 Å². The van der Waals surface area contributed by atoms with Gasteiger partial charge in [-0.15, -0.1) is 10.2 Å². The fraction of sp³-hybridized carbons (Fsp3) is 0.231. The maximum atomic E-state index is 9.90. The third kappa shape index (κ3) is 2.92. The molecule has 7 nitrogen and oxygen atoms in total. The fourth-order valence-electron chi connectivity index (χ4n) is 1.70. The average molecular weight is 270 g/mol. The van der Waals surface area contributed by atoms with E-state index in [4.69, 9.17) is 5.26 Å². The number of aromatic amines is 1. The molecule has 0 atom stereocenters. The van der Waals surface area contributed by atoms with Crippen molar-refractivity contribution in [1.82, 2.24) is 20.6 Å². The molecular formula is C13H14N6O. The molecule has 0 fully saturated rings. The molecule has 7 heteroatoms. The highest BCUT2D eigenvalue weighted by Crippen LogP contribution is 2.28. The second kappa shape index (κ2) is 5.84. The first-order valence-electron chi connectivity index (χ1n) is 6.05. The number of H-pyrrole nitrogens is 1. The maximum absolute atomic E-state index is 9.90. The molecule has 0 bridgehead atoms. The van der Waals surface area contributed by atoms with Crippen LogP contribution in [0.4, 0.5) is 5.69 Å². The Bertz CT molecular complexity index is 654. The zero-order valence-corrected chi connectivity index (χ0v) is 11.1. The van der Waals surface area contributed by atoms with Crippen LogP contribution < -0.4 is 5.32 Å². The van der Waals surface area contributed by atoms with Gasteiger partial charge in [0.25, 0.3) is 0 Å². The predicted octanol–water partition coefficient (Wildman–Crippen LogP) is 2.01. The van der Waals surface area contributed by atoms with Crippen LogP contribution in [0, 0.1) is 11.3 Å². The van der Waals surface area contributed by atoms with Gasteiger partial charge in [0, 0.05) is 18.0 Å². The normalized spacial score (nSPS) is 11.4. The third-order valence-corrected chi connectivity index (χ3v) is 2.74. The molecule has 0 unspecified atom stereocenters. The molecule has 2 rings (SSSR count). The Hall–Kier alpha value is -2.88. The lowest BCUT2D eigenvalue weighted by Gasteiger charge is -2.10. The Kier molecular flexibility index (Phi) is 3.96. The van der Waals surface area contributed by atoms with Crippen LogP contribution in [-0.4, -0.2) is 25.7 Å². The zero-order valence-electron chi connectivity index (χ0n) is 11.1. The first-order valence-corrected chi connectivity index (χ1v) is 6.05. The molecule has 0 spiro atoms. The number of nitrogens with one attached hydrogen (secondary N) is 2. The van der Waals surface area contributed by atoms with E-state index in [0.29, 0.717) is 5.69 Å². The molecule has 20 heavy (non-hydrogen) atoms. The van der Waals surface area contributed by atoms with E-state index in [1.54, 1.807) is 6.07 Å². The minimum atomic E-state index is 0.211. The molecule has 0 amide bonds. The smallest absolute Gasteiger partial charge is 0.216 e. The van der Waals surface area contributed by atoms with Crippen molar-refractivity contribution in [3.05, 3.63) is 35.8 Å². The Balaban J connectivity index is 2.19. The summed E-state index contributed by atoms with van der Waals surface area (Å²) in [7, 11) is 0. The van der Waals surface area contributed by atoms with Gasteiger partial charge >= 0.3 is 0 Å². The summed E-state index contributed by atoms with van der Waals surface area (Å²) in [6.07, 6.45) is 1.47. The van der Waals surface area contributed by atoms with Gasteiger partial charge in [-0.1, -0.05) is 19.9 Å². The number of benzene rings is 1. The molecular weight excluding hydrogens is 256 g/mol. The number of tetrazole rings is 1. The number of hydrogen-bond donors (Lipinski definition) is 3. The summed E-state index contributed by atoms with van der Waals surface area (Å²) in [5.74, 6) is 0.674. The quantitative estimate of drug-likeness (QED) is 0.733. The van der Waals surface area contributed by atoms with Gasteiger partial charge in [-0.25, -0.2) is 0 Å². The minimum Gasteiger partial charge on any atom is -0.508 e. The number of nitriles is 1. The van der Waals surface area contributed by atoms with Crippen LogP contribution >= 0.6 is 0 Å². The van der Waals surface area contributed by atoms with Gasteiger partial charge in [0.15, 0.2) is 0 Å². The highest BCUT2D eigenvalue weighted by molar-refractivity contribution is 5.74. The standard InChI is InChI=1S/C13H14N6O/c1-8(2)11-4-3-10(5-12(11)20)15-7-9(6-14)13-16-18-19-17-13/h3-5,7-8,15,20H,1-2H3,(H,16,17,18,19). The predicted molar refractivity (Wildman–Crippen MR) is 73.6 cm³/mol. The van der Waals surface area contributed by atoms with Crippen LogP contribution in [0.5, 0.6) is 5.75 Å². The second-order valence-corrected chi connectivity index (χ2v) is 4.48. The van der Waals surface area contributed by atoms with E-state index in [1.165, 1.54) is 6.20 Å². The largest absolute Gasteiger partial charge is 0.508 e. The zero-order chi connectivity index (χ0) is 14.5. The van der Waals surface area contributed by atoms with Crippen molar-refractivity contribution in [2.75, 3.05) is 5.32 Å². The summed E-state index contributed by atoms with van der Waals surface area (Å²) >= 11 is 0. The van der Waals surface area contributed by atoms with Crippen molar-refractivity contribution in [3.8, 4) is 11.8 Å². The third-order valence-electron chi connectivity index (χ3n) is 2.74. The van der Waals surface area contributed by atoms with E-state index in [9.17, 15) is 5.11 Å². The molecule has 1 aromatic heterocycles. The lowest BCUT2D eigenvalue weighted by Crippen LogP contribution is -1.94. The average Bonchev–Trinajstić information content (AvgIpc) is 2.93. The van der Waals surface area contributed by atoms with Gasteiger partial charge in [-0.05, 0) is 22.8 Å². The number of phenols is 1. The van der Waals surface area contributed by atoms with E-state index in [0.717, 1.165) is 5.56 Å². The van der Waals surface area contributed by atoms with Crippen LogP contribution in [0.2, 0.25) is 0 Å². The van der Waals surface area contributed by atoms with E-state index in [-0.39, 0.29) is 23.1 Å². The highest BCUT2D eigenvalue weighted by Gasteiger charge is 2.07. The Morgan fingerprint density at radius 1 is 1.50 bits per heavy atom. The van der Waals surface area contributed by atoms with Crippen LogP contribution in [0.15, 0.2) is 24.4 Å². The number of aromatic hydroxyl groups is 1. The lowest BCUT2D eigenvalue weighted by molar-refractivity contribution is 0.465. The molecule has 0 aliphatic rings. The lowest BCUT2D eigenvalue weighted by atomic mass is 10.0. The number of anilines is 1. The first-order chi connectivity index (χ1) is 9.61. The van der Waals surface area contributed by atoms with Gasteiger partial charge in [-0.3, -0.25) is 0 Å². The number of allylic oxidation sites excluding steroid dienone is 1. The number of hydrogen-bond acceptors (Lipinski definition) is 6. The molecule has 102 valence electrons. The summed E-state index contributed by atoms with van der Waals surface area (Å²) in [6, 6.07) is 7.25. The van der Waals surface area contributed by atoms with Gasteiger partial charge < -0.3 is 10.4 Å². The second-order valence-electron chi connectivity index (χ2n) is 4.48. The topological polar surface area (TPSA) is 111 Å². The fourth-order valence-corrected chi connectivity index (χ4v) is 1.70. The number of aromatic nitrogens is 4. The first kappa shape index (κ1) is 13.5. The minimum absolute atomic E-state index is 0.211. The molecule has 3 N–H and O–H groups in total. The molecule has 0 radical (unpaired) electrons. The number of nitrogens with zero attached hydrogens (tertiary/aromatic N) is 4. The molecule has 1 heterocycles. The van der Waals surface area contributed by atoms with E-state index >= 15 is 0 Å². The Labute approximate surface area is 115 Å². The van der Waals surface area contributed by atoms with Gasteiger partial charge in [-0.2, -0.15) is 10.5 Å². The van der Waals surface area contributed by atoms with Crippen LogP contribution in [-0.2, 0) is 0 Å². The van der Waals surface area contributed by atoms with Crippen molar-refractivity contribution in [2.24, 2.45) is 0 Å². The van der Waals surface area contributed by atoms with E-state index in [1.807, 2.05) is 32.0 Å². The molecule has 1 aromatic carbocycles. The van der Waals surface area contributed by atoms with Crippen molar-refractivity contribution in [2.45, 2.75) is 19.8 Å². The molecule has 0 aliphatic heterocycles. The molecule has 0 saturated carbocycles. The summed E-state index contributed by atoms with van der Waals surface area (Å²) in [4.78, 5) is 0. The van der Waals surface area contributed by atoms with Crippen LogP contribution in [0.25, 0.3) is 5.57 Å². The van der Waals surface area contributed by atoms with Crippen LogP contribution in [0.3, 0.4) is 0 Å². The van der Waals surface area contributed by atoms with Gasteiger partial charge in [0.05, 0.1) is 0 Å². The SMILES string of the molecule is CC(C)c1ccc(NC=C(C#N)c2nn[nH]n2)cc1O. The molecule has 2 aromatic rings. The highest BCUT2D eigenvalue weighted by atomic mass is 16.3. The van der Waals surface area contributed by atoms with E-state index < -0.39 is 0 Å². The summed E-state index contributed by atoms with van der Waals surface area (Å²) in [5.41, 5.74) is 1.78. The maximum Gasteiger partial charge on any atom is 0.216 e. The monoisotopic (exact) mass is 270 g/mol. The molecule has 0 aliphatic carbocycles. The van der Waals surface area contributed by atoms with Crippen molar-refractivity contribution < 1.29 is 5.11 Å². The summed E-state index contributed by atoms with van der Waals surface area (Å²) < 4.78 is 0. The van der Waals surface area contributed by atoms with Gasteiger partial charge in [0.1, 0.15) is 17.4 Å². The Morgan fingerprint density at radius 2 is 2.30 bits per heavy atom. The number of rotatable bonds is 4. The van der Waals surface area contributed by atoms with Crippen molar-refractivity contribution in [3.63, 3.8) is 0 Å². The summed E-state index contributed by atoms with van der Waals surface area (Å²) in [5, 5.41) is 35.0. The van der Waals surface area contributed by atoms with Crippen LogP contribution in [0.1, 0.15) is 31.2 Å². The van der Waals surface area contributed by atoms with Crippen molar-refractivity contribution >= 4 is 11.3 Å².